The van der Waals surface area contributed by atoms with E-state index in [1.54, 1.807) is 0 Å². The minimum Gasteiger partial charge on any atom is -0.390 e. The molecule has 0 aromatic rings. The topological polar surface area (TPSA) is 32.8 Å². The summed E-state index contributed by atoms with van der Waals surface area (Å²) in [6.45, 7) is 6.84. The van der Waals surface area contributed by atoms with Gasteiger partial charge in [0.15, 0.2) is 0 Å². The molecule has 3 heteroatoms. The SMILES string of the molecule is C[Si](C)(C)C12OC1CCC2O. The number of rotatable bonds is 1. The lowest BCUT2D eigenvalue weighted by Crippen LogP contribution is -2.49. The standard InChI is InChI=1S/C8H16O2Si/c1-11(2,3)8-6(9)4-5-7(8)10-8/h6-7,9H,4-5H2,1-3H3. The molecule has 2 fully saturated rings. The molecule has 1 N–H and O–H groups in total. The van der Waals surface area contributed by atoms with Crippen LogP contribution in [0.4, 0.5) is 0 Å². The monoisotopic (exact) mass is 172 g/mol. The summed E-state index contributed by atoms with van der Waals surface area (Å²) in [5.41, 5.74) is 0. The average Bonchev–Trinajstić information content (AvgIpc) is 2.50. The summed E-state index contributed by atoms with van der Waals surface area (Å²) in [7, 11) is -1.31. The van der Waals surface area contributed by atoms with E-state index in [0.717, 1.165) is 12.8 Å². The Hall–Kier alpha value is 0.137. The van der Waals surface area contributed by atoms with Gasteiger partial charge in [0.05, 0.1) is 20.3 Å². The van der Waals surface area contributed by atoms with Crippen LogP contribution in [0.3, 0.4) is 0 Å². The summed E-state index contributed by atoms with van der Waals surface area (Å²) < 4.78 is 5.63. The first kappa shape index (κ1) is 7.77. The van der Waals surface area contributed by atoms with Crippen LogP contribution in [0.2, 0.25) is 19.6 Å². The van der Waals surface area contributed by atoms with Gasteiger partial charge in [-0.1, -0.05) is 19.6 Å². The third kappa shape index (κ3) is 0.791. The van der Waals surface area contributed by atoms with Gasteiger partial charge in [0, 0.05) is 0 Å². The minimum atomic E-state index is -1.31. The zero-order chi connectivity index (χ0) is 8.28. The number of aliphatic hydroxyl groups excluding tert-OH is 1. The smallest absolute Gasteiger partial charge is 0.109 e. The van der Waals surface area contributed by atoms with Crippen molar-refractivity contribution in [1.82, 2.24) is 0 Å². The number of ether oxygens (including phenoxy) is 1. The molecule has 0 spiro atoms. The van der Waals surface area contributed by atoms with E-state index in [0.29, 0.717) is 6.10 Å². The van der Waals surface area contributed by atoms with E-state index in [1.165, 1.54) is 0 Å². The van der Waals surface area contributed by atoms with E-state index in [9.17, 15) is 5.11 Å². The first-order valence-electron chi connectivity index (χ1n) is 4.34. The largest absolute Gasteiger partial charge is 0.390 e. The van der Waals surface area contributed by atoms with Crippen molar-refractivity contribution in [3.05, 3.63) is 0 Å². The maximum Gasteiger partial charge on any atom is 0.109 e. The van der Waals surface area contributed by atoms with Crippen molar-refractivity contribution >= 4 is 8.07 Å². The summed E-state index contributed by atoms with van der Waals surface area (Å²) in [4.78, 5) is 0. The summed E-state index contributed by atoms with van der Waals surface area (Å²) in [5, 5.41) is 9.69. The van der Waals surface area contributed by atoms with Crippen LogP contribution in [0, 0.1) is 0 Å². The molecule has 1 heterocycles. The molecule has 64 valence electrons. The van der Waals surface area contributed by atoms with Crippen LogP contribution in [0.5, 0.6) is 0 Å². The van der Waals surface area contributed by atoms with Crippen molar-refractivity contribution in [3.63, 3.8) is 0 Å². The van der Waals surface area contributed by atoms with Gasteiger partial charge in [-0.2, -0.15) is 0 Å². The fourth-order valence-electron chi connectivity index (χ4n) is 2.45. The highest BCUT2D eigenvalue weighted by molar-refractivity contribution is 6.80. The molecule has 0 aromatic carbocycles. The van der Waals surface area contributed by atoms with Crippen molar-refractivity contribution < 1.29 is 9.84 Å². The molecule has 3 atom stereocenters. The van der Waals surface area contributed by atoms with Crippen LogP contribution in [-0.4, -0.2) is 30.6 Å². The molecule has 1 aliphatic heterocycles. The van der Waals surface area contributed by atoms with Crippen LogP contribution in [-0.2, 0) is 4.74 Å². The van der Waals surface area contributed by atoms with Crippen molar-refractivity contribution in [2.24, 2.45) is 0 Å². The van der Waals surface area contributed by atoms with Crippen LogP contribution < -0.4 is 0 Å². The molecule has 0 aromatic heterocycles. The van der Waals surface area contributed by atoms with Crippen LogP contribution in [0.15, 0.2) is 0 Å². The summed E-state index contributed by atoms with van der Waals surface area (Å²) >= 11 is 0. The van der Waals surface area contributed by atoms with Crippen LogP contribution in [0.25, 0.3) is 0 Å². The van der Waals surface area contributed by atoms with Crippen molar-refractivity contribution in [2.75, 3.05) is 0 Å². The molecule has 1 aliphatic carbocycles. The molecule has 2 aliphatic rings. The van der Waals surface area contributed by atoms with Gasteiger partial charge in [0.25, 0.3) is 0 Å². The van der Waals surface area contributed by atoms with Crippen molar-refractivity contribution in [1.29, 1.82) is 0 Å². The summed E-state index contributed by atoms with van der Waals surface area (Å²) in [5.74, 6) is 0. The molecule has 1 saturated carbocycles. The van der Waals surface area contributed by atoms with E-state index < -0.39 is 8.07 Å². The fourth-order valence-corrected chi connectivity index (χ4v) is 5.20. The predicted octanol–water partition coefficient (Wildman–Crippen LogP) is 1.16. The molecule has 3 unspecified atom stereocenters. The van der Waals surface area contributed by atoms with E-state index in [1.807, 2.05) is 0 Å². The fraction of sp³-hybridized carbons (Fsp3) is 1.00. The van der Waals surface area contributed by atoms with Crippen molar-refractivity contribution in [2.45, 2.75) is 49.9 Å². The first-order chi connectivity index (χ1) is 4.98. The Balaban J connectivity index is 2.25. The van der Waals surface area contributed by atoms with Gasteiger partial charge < -0.3 is 9.84 Å². The van der Waals surface area contributed by atoms with Crippen LogP contribution >= 0.6 is 0 Å². The second-order valence-corrected chi connectivity index (χ2v) is 10.0. The Morgan fingerprint density at radius 1 is 1.36 bits per heavy atom. The predicted molar refractivity (Wildman–Crippen MR) is 46.2 cm³/mol. The lowest BCUT2D eigenvalue weighted by atomic mass is 10.3. The Morgan fingerprint density at radius 3 is 2.18 bits per heavy atom. The highest BCUT2D eigenvalue weighted by Crippen LogP contribution is 2.55. The van der Waals surface area contributed by atoms with Gasteiger partial charge in [-0.05, 0) is 12.8 Å². The number of hydrogen-bond donors (Lipinski definition) is 1. The van der Waals surface area contributed by atoms with Gasteiger partial charge >= 0.3 is 0 Å². The third-order valence-electron chi connectivity index (χ3n) is 3.13. The molecule has 0 amide bonds. The van der Waals surface area contributed by atoms with Gasteiger partial charge in [-0.25, -0.2) is 0 Å². The van der Waals surface area contributed by atoms with Gasteiger partial charge in [-0.15, -0.1) is 0 Å². The molecule has 11 heavy (non-hydrogen) atoms. The highest BCUT2D eigenvalue weighted by Gasteiger charge is 2.70. The lowest BCUT2D eigenvalue weighted by molar-refractivity contribution is 0.0974. The molecular formula is C8H16O2Si. The number of aliphatic hydroxyl groups is 1. The molecular weight excluding hydrogens is 156 g/mol. The molecule has 2 nitrogen and oxygen atoms in total. The Labute approximate surface area is 68.6 Å². The minimum absolute atomic E-state index is 0.0486. The summed E-state index contributed by atoms with van der Waals surface area (Å²) in [6, 6.07) is 0. The van der Waals surface area contributed by atoms with Gasteiger partial charge in [0.1, 0.15) is 5.22 Å². The normalized spacial score (nSPS) is 49.1. The van der Waals surface area contributed by atoms with Crippen molar-refractivity contribution in [3.8, 4) is 0 Å². The number of epoxide rings is 1. The molecule has 1 saturated heterocycles. The third-order valence-corrected chi connectivity index (χ3v) is 6.25. The van der Waals surface area contributed by atoms with Crippen LogP contribution in [0.1, 0.15) is 12.8 Å². The maximum atomic E-state index is 9.74. The molecule has 2 rings (SSSR count). The van der Waals surface area contributed by atoms with E-state index in [-0.39, 0.29) is 11.3 Å². The summed E-state index contributed by atoms with van der Waals surface area (Å²) in [6.07, 6.45) is 2.27. The molecule has 0 bridgehead atoms. The highest BCUT2D eigenvalue weighted by atomic mass is 28.3. The lowest BCUT2D eigenvalue weighted by Gasteiger charge is -2.27. The second-order valence-electron chi connectivity index (χ2n) is 4.74. The quantitative estimate of drug-likeness (QED) is 0.475. The number of hydrogen-bond acceptors (Lipinski definition) is 2. The maximum absolute atomic E-state index is 9.74. The second kappa shape index (κ2) is 1.89. The van der Waals surface area contributed by atoms with E-state index in [2.05, 4.69) is 19.6 Å². The molecule has 0 radical (unpaired) electrons. The Bertz CT molecular complexity index is 187. The number of fused-ring (bicyclic) bond motifs is 1. The Morgan fingerprint density at radius 2 is 2.00 bits per heavy atom. The first-order valence-corrected chi connectivity index (χ1v) is 7.84. The van der Waals surface area contributed by atoms with Gasteiger partial charge in [0.2, 0.25) is 0 Å². The average molecular weight is 172 g/mol. The van der Waals surface area contributed by atoms with E-state index >= 15 is 0 Å². The zero-order valence-electron chi connectivity index (χ0n) is 7.42. The Kier molecular flexibility index (Phi) is 1.34. The van der Waals surface area contributed by atoms with Gasteiger partial charge in [-0.3, -0.25) is 0 Å². The zero-order valence-corrected chi connectivity index (χ0v) is 8.42. The van der Waals surface area contributed by atoms with E-state index in [4.69, 9.17) is 4.74 Å².